The zero-order chi connectivity index (χ0) is 19.4. The summed E-state index contributed by atoms with van der Waals surface area (Å²) in [4.78, 5) is 16.5. The molecule has 27 heavy (non-hydrogen) atoms. The fourth-order valence-corrected chi connectivity index (χ4v) is 3.32. The maximum Gasteiger partial charge on any atom is 0.255 e. The van der Waals surface area contributed by atoms with Gasteiger partial charge in [0.1, 0.15) is 5.75 Å². The topological polar surface area (TPSA) is 61.7 Å². The summed E-state index contributed by atoms with van der Waals surface area (Å²) in [6.07, 6.45) is 1.52. The standard InChI is InChI=1S/C20H13BrCl2N2O2/c21-14-8-13(19(26)18(23)10-14)11-24-16-4-6-17(7-5-16)25-20(27)12-2-1-3-15(22)9-12/h1-11,26H,(H,25,27). The van der Waals surface area contributed by atoms with Crippen LogP contribution in [0.4, 0.5) is 11.4 Å². The number of nitrogens with one attached hydrogen (secondary N) is 1. The number of carbonyl (C=O) groups excluding carboxylic acids is 1. The summed E-state index contributed by atoms with van der Waals surface area (Å²) in [6, 6.07) is 17.0. The lowest BCUT2D eigenvalue weighted by Gasteiger charge is -2.06. The lowest BCUT2D eigenvalue weighted by Crippen LogP contribution is -2.11. The molecule has 7 heteroatoms. The molecular weight excluding hydrogens is 451 g/mol. The van der Waals surface area contributed by atoms with E-state index in [0.717, 1.165) is 4.47 Å². The molecule has 0 spiro atoms. The van der Waals surface area contributed by atoms with Gasteiger partial charge < -0.3 is 10.4 Å². The first kappa shape index (κ1) is 19.4. The van der Waals surface area contributed by atoms with Gasteiger partial charge in [0.2, 0.25) is 0 Å². The van der Waals surface area contributed by atoms with Gasteiger partial charge in [-0.1, -0.05) is 45.2 Å². The Labute approximate surface area is 174 Å². The van der Waals surface area contributed by atoms with E-state index in [-0.39, 0.29) is 16.7 Å². The Morgan fingerprint density at radius 2 is 1.81 bits per heavy atom. The summed E-state index contributed by atoms with van der Waals surface area (Å²) in [7, 11) is 0. The average Bonchev–Trinajstić information content (AvgIpc) is 2.64. The number of aromatic hydroxyl groups is 1. The predicted octanol–water partition coefficient (Wildman–Crippen LogP) is 6.46. The van der Waals surface area contributed by atoms with Crippen molar-refractivity contribution in [1.29, 1.82) is 0 Å². The van der Waals surface area contributed by atoms with Crippen molar-refractivity contribution in [2.75, 3.05) is 5.32 Å². The zero-order valence-electron chi connectivity index (χ0n) is 13.8. The summed E-state index contributed by atoms with van der Waals surface area (Å²) >= 11 is 15.2. The van der Waals surface area contributed by atoms with Gasteiger partial charge in [0.05, 0.1) is 10.7 Å². The van der Waals surface area contributed by atoms with Gasteiger partial charge in [-0.05, 0) is 54.6 Å². The van der Waals surface area contributed by atoms with Gasteiger partial charge in [-0.25, -0.2) is 0 Å². The minimum absolute atomic E-state index is 0.0333. The van der Waals surface area contributed by atoms with Gasteiger partial charge in [0.15, 0.2) is 0 Å². The SMILES string of the molecule is O=C(Nc1ccc(N=Cc2cc(Br)cc(Cl)c2O)cc1)c1cccc(Cl)c1. The van der Waals surface area contributed by atoms with E-state index in [0.29, 0.717) is 27.5 Å². The maximum atomic E-state index is 12.2. The molecule has 0 aromatic heterocycles. The molecular formula is C20H13BrCl2N2O2. The highest BCUT2D eigenvalue weighted by Gasteiger charge is 2.07. The van der Waals surface area contributed by atoms with E-state index < -0.39 is 0 Å². The molecule has 3 aromatic carbocycles. The van der Waals surface area contributed by atoms with Gasteiger partial charge in [-0.2, -0.15) is 0 Å². The first-order valence-corrected chi connectivity index (χ1v) is 9.36. The highest BCUT2D eigenvalue weighted by molar-refractivity contribution is 9.10. The minimum Gasteiger partial charge on any atom is -0.506 e. The van der Waals surface area contributed by atoms with Crippen molar-refractivity contribution in [3.8, 4) is 5.75 Å². The Balaban J connectivity index is 1.71. The summed E-state index contributed by atoms with van der Waals surface area (Å²) in [5.41, 5.74) is 2.26. The molecule has 0 heterocycles. The number of carbonyl (C=O) groups is 1. The van der Waals surface area contributed by atoms with Crippen LogP contribution in [0.15, 0.2) is 70.1 Å². The van der Waals surface area contributed by atoms with Crippen molar-refractivity contribution >= 4 is 62.6 Å². The minimum atomic E-state index is -0.248. The maximum absolute atomic E-state index is 12.2. The van der Waals surface area contributed by atoms with Crippen LogP contribution < -0.4 is 5.32 Å². The molecule has 2 N–H and O–H groups in total. The molecule has 0 atom stereocenters. The lowest BCUT2D eigenvalue weighted by atomic mass is 10.2. The number of hydrogen-bond acceptors (Lipinski definition) is 3. The highest BCUT2D eigenvalue weighted by Crippen LogP contribution is 2.30. The fourth-order valence-electron chi connectivity index (χ4n) is 2.29. The number of nitrogens with zero attached hydrogens (tertiary/aromatic N) is 1. The van der Waals surface area contributed by atoms with Gasteiger partial charge >= 0.3 is 0 Å². The number of rotatable bonds is 4. The Morgan fingerprint density at radius 1 is 1.07 bits per heavy atom. The quantitative estimate of drug-likeness (QED) is 0.436. The van der Waals surface area contributed by atoms with Crippen LogP contribution in [0.2, 0.25) is 10.0 Å². The van der Waals surface area contributed by atoms with Crippen LogP contribution in [0.5, 0.6) is 5.75 Å². The Bertz CT molecular complexity index is 1020. The third-order valence-electron chi connectivity index (χ3n) is 3.62. The van der Waals surface area contributed by atoms with Crippen LogP contribution in [-0.2, 0) is 0 Å². The molecule has 0 fully saturated rings. The van der Waals surface area contributed by atoms with Crippen molar-refractivity contribution in [2.45, 2.75) is 0 Å². The van der Waals surface area contributed by atoms with Crippen LogP contribution in [0, 0.1) is 0 Å². The first-order chi connectivity index (χ1) is 12.9. The van der Waals surface area contributed by atoms with Crippen molar-refractivity contribution in [3.05, 3.63) is 86.3 Å². The van der Waals surface area contributed by atoms with E-state index in [2.05, 4.69) is 26.2 Å². The van der Waals surface area contributed by atoms with E-state index in [1.54, 1.807) is 60.7 Å². The molecule has 1 amide bonds. The molecule has 0 unspecified atom stereocenters. The third-order valence-corrected chi connectivity index (χ3v) is 4.60. The van der Waals surface area contributed by atoms with Crippen LogP contribution in [0.1, 0.15) is 15.9 Å². The number of benzene rings is 3. The summed E-state index contributed by atoms with van der Waals surface area (Å²) in [5.74, 6) is -0.281. The van der Waals surface area contributed by atoms with E-state index in [1.807, 2.05) is 0 Å². The van der Waals surface area contributed by atoms with Crippen LogP contribution in [0.3, 0.4) is 0 Å². The zero-order valence-corrected chi connectivity index (χ0v) is 16.9. The normalized spacial score (nSPS) is 10.9. The van der Waals surface area contributed by atoms with Crippen molar-refractivity contribution in [3.63, 3.8) is 0 Å². The second-order valence-corrected chi connectivity index (χ2v) is 7.35. The van der Waals surface area contributed by atoms with Crippen molar-refractivity contribution in [1.82, 2.24) is 0 Å². The number of aliphatic imine (C=N–C) groups is 1. The van der Waals surface area contributed by atoms with Crippen molar-refractivity contribution < 1.29 is 9.90 Å². The van der Waals surface area contributed by atoms with Crippen molar-refractivity contribution in [2.24, 2.45) is 4.99 Å². The number of phenolic OH excluding ortho intramolecular Hbond substituents is 1. The molecule has 0 aliphatic rings. The number of hydrogen-bond donors (Lipinski definition) is 2. The van der Waals surface area contributed by atoms with Gasteiger partial charge in [0.25, 0.3) is 5.91 Å². The van der Waals surface area contributed by atoms with Gasteiger partial charge in [-0.15, -0.1) is 0 Å². The smallest absolute Gasteiger partial charge is 0.255 e. The Hall–Kier alpha value is -2.34. The molecule has 0 aliphatic heterocycles. The Kier molecular flexibility index (Phi) is 6.16. The van der Waals surface area contributed by atoms with Crippen LogP contribution in [0.25, 0.3) is 0 Å². The van der Waals surface area contributed by atoms with E-state index in [4.69, 9.17) is 23.2 Å². The predicted molar refractivity (Wildman–Crippen MR) is 114 cm³/mol. The molecule has 0 radical (unpaired) electrons. The lowest BCUT2D eigenvalue weighted by molar-refractivity contribution is 0.102. The Morgan fingerprint density at radius 3 is 2.52 bits per heavy atom. The second kappa shape index (κ2) is 8.57. The summed E-state index contributed by atoms with van der Waals surface area (Å²) in [6.45, 7) is 0. The molecule has 136 valence electrons. The molecule has 4 nitrogen and oxygen atoms in total. The van der Waals surface area contributed by atoms with E-state index >= 15 is 0 Å². The number of phenols is 1. The second-order valence-electron chi connectivity index (χ2n) is 5.59. The van der Waals surface area contributed by atoms with Crippen LogP contribution in [-0.4, -0.2) is 17.2 Å². The first-order valence-electron chi connectivity index (χ1n) is 7.81. The summed E-state index contributed by atoms with van der Waals surface area (Å²) in [5, 5.41) is 13.5. The van der Waals surface area contributed by atoms with Gasteiger partial charge in [0, 0.05) is 32.5 Å². The third kappa shape index (κ3) is 5.10. The fraction of sp³-hybridized carbons (Fsp3) is 0. The molecule has 3 rings (SSSR count). The van der Waals surface area contributed by atoms with Crippen LogP contribution >= 0.6 is 39.1 Å². The number of anilines is 1. The largest absolute Gasteiger partial charge is 0.506 e. The molecule has 0 saturated carbocycles. The average molecular weight is 464 g/mol. The molecule has 0 bridgehead atoms. The highest BCUT2D eigenvalue weighted by atomic mass is 79.9. The van der Waals surface area contributed by atoms with Gasteiger partial charge in [-0.3, -0.25) is 9.79 Å². The van der Waals surface area contributed by atoms with E-state index in [1.165, 1.54) is 6.21 Å². The summed E-state index contributed by atoms with van der Waals surface area (Å²) < 4.78 is 0.742. The monoisotopic (exact) mass is 462 g/mol. The molecule has 0 saturated heterocycles. The number of halogens is 3. The molecule has 0 aliphatic carbocycles. The number of amides is 1. The molecule has 3 aromatic rings. The van der Waals surface area contributed by atoms with E-state index in [9.17, 15) is 9.90 Å².